The van der Waals surface area contributed by atoms with Crippen molar-refractivity contribution < 1.29 is 14.5 Å². The lowest BCUT2D eigenvalue weighted by Crippen LogP contribution is -2.32. The van der Waals surface area contributed by atoms with Gasteiger partial charge in [-0.15, -0.1) is 0 Å². The fraction of sp³-hybridized carbons (Fsp3) is 0.917. The number of nitrogens with zero attached hydrogens (tertiary/aromatic N) is 1. The van der Waals surface area contributed by atoms with Crippen molar-refractivity contribution in [2.75, 3.05) is 0 Å². The lowest BCUT2D eigenvalue weighted by molar-refractivity contribution is -0.511. The molecule has 0 saturated carbocycles. The highest BCUT2D eigenvalue weighted by Gasteiger charge is 2.31. The van der Waals surface area contributed by atoms with E-state index in [1.54, 1.807) is 13.8 Å². The van der Waals surface area contributed by atoms with Gasteiger partial charge in [0.2, 0.25) is 0 Å². The first-order valence-corrected chi connectivity index (χ1v) is 6.33. The van der Waals surface area contributed by atoms with Gasteiger partial charge < -0.3 is 4.74 Å². The summed E-state index contributed by atoms with van der Waals surface area (Å²) in [5.74, 6) is -0.708. The maximum absolute atomic E-state index is 11.5. The molecule has 0 N–H and O–H groups in total. The first-order valence-electron chi connectivity index (χ1n) is 6.33. The van der Waals surface area contributed by atoms with E-state index in [0.717, 1.165) is 25.7 Å². The first kappa shape index (κ1) is 15.9. The summed E-state index contributed by atoms with van der Waals surface area (Å²) in [6.07, 6.45) is 4.97. The van der Waals surface area contributed by atoms with E-state index in [9.17, 15) is 14.9 Å². The van der Waals surface area contributed by atoms with Gasteiger partial charge in [0, 0.05) is 11.3 Å². The van der Waals surface area contributed by atoms with Gasteiger partial charge in [-0.3, -0.25) is 10.1 Å². The number of carbonyl (C=O) groups excluding carboxylic acids is 1. The lowest BCUT2D eigenvalue weighted by Gasteiger charge is -2.11. The Balaban J connectivity index is 3.99. The predicted molar refractivity (Wildman–Crippen MR) is 65.4 cm³/mol. The zero-order valence-electron chi connectivity index (χ0n) is 11.0. The summed E-state index contributed by atoms with van der Waals surface area (Å²) >= 11 is 0. The highest BCUT2D eigenvalue weighted by atomic mass is 16.6. The molecule has 5 heteroatoms. The number of hydrogen-bond acceptors (Lipinski definition) is 4. The third kappa shape index (κ3) is 7.71. The summed E-state index contributed by atoms with van der Waals surface area (Å²) in [4.78, 5) is 21.7. The van der Waals surface area contributed by atoms with Gasteiger partial charge in [0.15, 0.2) is 0 Å². The second-order valence-electron chi connectivity index (χ2n) is 4.49. The van der Waals surface area contributed by atoms with Crippen LogP contribution in [0.1, 0.15) is 59.3 Å². The standard InChI is InChI=1S/C12H23NO4/c1-4-5-6-7-8-9-11(13(15)16)12(14)17-10(2)3/h10-11H,4-9H2,1-3H3. The highest BCUT2D eigenvalue weighted by molar-refractivity contribution is 5.74. The Morgan fingerprint density at radius 3 is 2.29 bits per heavy atom. The normalized spacial score (nSPS) is 12.5. The molecule has 1 unspecified atom stereocenters. The van der Waals surface area contributed by atoms with E-state index in [1.165, 1.54) is 0 Å². The van der Waals surface area contributed by atoms with Crippen LogP contribution in [0.3, 0.4) is 0 Å². The fourth-order valence-electron chi connectivity index (χ4n) is 1.56. The average Bonchev–Trinajstić information content (AvgIpc) is 2.21. The molecule has 0 aromatic carbocycles. The number of carbonyl (C=O) groups is 1. The summed E-state index contributed by atoms with van der Waals surface area (Å²) in [5, 5.41) is 10.7. The Hall–Kier alpha value is -1.13. The molecular formula is C12H23NO4. The minimum Gasteiger partial charge on any atom is -0.458 e. The molecule has 0 aliphatic carbocycles. The van der Waals surface area contributed by atoms with E-state index in [-0.39, 0.29) is 12.5 Å². The zero-order valence-corrected chi connectivity index (χ0v) is 11.0. The van der Waals surface area contributed by atoms with Gasteiger partial charge in [-0.1, -0.05) is 32.6 Å². The molecule has 100 valence electrons. The van der Waals surface area contributed by atoms with Crippen LogP contribution in [-0.2, 0) is 9.53 Å². The zero-order chi connectivity index (χ0) is 13.3. The highest BCUT2D eigenvalue weighted by Crippen LogP contribution is 2.11. The van der Waals surface area contributed by atoms with Crippen molar-refractivity contribution in [3.63, 3.8) is 0 Å². The smallest absolute Gasteiger partial charge is 0.381 e. The Morgan fingerprint density at radius 2 is 1.82 bits per heavy atom. The lowest BCUT2D eigenvalue weighted by atomic mass is 10.1. The summed E-state index contributed by atoms with van der Waals surface area (Å²) in [7, 11) is 0. The van der Waals surface area contributed by atoms with Crippen LogP contribution < -0.4 is 0 Å². The molecule has 0 radical (unpaired) electrons. The summed E-state index contributed by atoms with van der Waals surface area (Å²) in [5.41, 5.74) is 0. The van der Waals surface area contributed by atoms with Crippen LogP contribution in [0.15, 0.2) is 0 Å². The van der Waals surface area contributed by atoms with Gasteiger partial charge in [-0.05, 0) is 20.3 Å². The summed E-state index contributed by atoms with van der Waals surface area (Å²) < 4.78 is 4.87. The molecule has 0 aliphatic heterocycles. The fourth-order valence-corrected chi connectivity index (χ4v) is 1.56. The van der Waals surface area contributed by atoms with Crippen LogP contribution in [0.25, 0.3) is 0 Å². The van der Waals surface area contributed by atoms with Crippen molar-refractivity contribution in [1.82, 2.24) is 0 Å². The van der Waals surface area contributed by atoms with Gasteiger partial charge in [0.05, 0.1) is 6.10 Å². The molecule has 1 atom stereocenters. The molecule has 0 aromatic heterocycles. The predicted octanol–water partition coefficient (Wildman–Crippen LogP) is 2.94. The minimum absolute atomic E-state index is 0.280. The summed E-state index contributed by atoms with van der Waals surface area (Å²) in [6, 6.07) is -1.20. The van der Waals surface area contributed by atoms with E-state index in [0.29, 0.717) is 6.42 Å². The van der Waals surface area contributed by atoms with Crippen LogP contribution in [0.2, 0.25) is 0 Å². The average molecular weight is 245 g/mol. The van der Waals surface area contributed by atoms with Crippen LogP contribution in [0, 0.1) is 10.1 Å². The van der Waals surface area contributed by atoms with E-state index >= 15 is 0 Å². The van der Waals surface area contributed by atoms with Crippen molar-refractivity contribution in [3.8, 4) is 0 Å². The van der Waals surface area contributed by atoms with Gasteiger partial charge in [-0.25, -0.2) is 4.79 Å². The molecule has 0 aromatic rings. The minimum atomic E-state index is -1.20. The number of ether oxygens (including phenoxy) is 1. The maximum atomic E-state index is 11.5. The Kier molecular flexibility index (Phi) is 8.36. The van der Waals surface area contributed by atoms with Crippen LogP contribution >= 0.6 is 0 Å². The molecule has 0 saturated heterocycles. The largest absolute Gasteiger partial charge is 0.458 e. The van der Waals surface area contributed by atoms with Gasteiger partial charge in [0.1, 0.15) is 0 Å². The Morgan fingerprint density at radius 1 is 1.24 bits per heavy atom. The molecule has 5 nitrogen and oxygen atoms in total. The molecule has 0 heterocycles. The van der Waals surface area contributed by atoms with E-state index in [4.69, 9.17) is 4.74 Å². The number of nitro groups is 1. The Labute approximate surface area is 103 Å². The molecule has 0 spiro atoms. The number of esters is 1. The van der Waals surface area contributed by atoms with E-state index in [1.807, 2.05) is 0 Å². The maximum Gasteiger partial charge on any atom is 0.381 e. The van der Waals surface area contributed by atoms with Crippen molar-refractivity contribution >= 4 is 5.97 Å². The van der Waals surface area contributed by atoms with Gasteiger partial charge in [0.25, 0.3) is 0 Å². The topological polar surface area (TPSA) is 69.4 Å². The third-order valence-electron chi connectivity index (χ3n) is 2.46. The molecule has 0 rings (SSSR count). The molecule has 17 heavy (non-hydrogen) atoms. The monoisotopic (exact) mass is 245 g/mol. The van der Waals surface area contributed by atoms with Crippen molar-refractivity contribution in [2.24, 2.45) is 0 Å². The van der Waals surface area contributed by atoms with Crippen molar-refractivity contribution in [1.29, 1.82) is 0 Å². The van der Waals surface area contributed by atoms with Gasteiger partial charge >= 0.3 is 12.0 Å². The third-order valence-corrected chi connectivity index (χ3v) is 2.46. The molecule has 0 aliphatic rings. The molecule has 0 bridgehead atoms. The number of unbranched alkanes of at least 4 members (excludes halogenated alkanes) is 4. The SMILES string of the molecule is CCCCCCCC(C(=O)OC(C)C)[N+](=O)[O-]. The quantitative estimate of drug-likeness (QED) is 0.271. The molecule has 0 amide bonds. The van der Waals surface area contributed by atoms with Crippen molar-refractivity contribution in [3.05, 3.63) is 10.1 Å². The van der Waals surface area contributed by atoms with Crippen molar-refractivity contribution in [2.45, 2.75) is 71.4 Å². The molecular weight excluding hydrogens is 222 g/mol. The van der Waals surface area contributed by atoms with Gasteiger partial charge in [-0.2, -0.15) is 0 Å². The second-order valence-corrected chi connectivity index (χ2v) is 4.49. The number of hydrogen-bond donors (Lipinski definition) is 0. The van der Waals surface area contributed by atoms with E-state index in [2.05, 4.69) is 6.92 Å². The van der Waals surface area contributed by atoms with Crippen LogP contribution in [-0.4, -0.2) is 23.0 Å². The van der Waals surface area contributed by atoms with Crippen LogP contribution in [0.4, 0.5) is 0 Å². The summed E-state index contributed by atoms with van der Waals surface area (Å²) in [6.45, 7) is 5.49. The van der Waals surface area contributed by atoms with E-state index < -0.39 is 16.9 Å². The second kappa shape index (κ2) is 8.96. The van der Waals surface area contributed by atoms with Crippen LogP contribution in [0.5, 0.6) is 0 Å². The Bertz CT molecular complexity index is 241. The molecule has 0 fully saturated rings. The number of rotatable bonds is 9. The first-order chi connectivity index (χ1) is 7.99.